The Kier molecular flexibility index (Phi) is 5.71. The van der Waals surface area contributed by atoms with Crippen LogP contribution in [0.4, 0.5) is 0 Å². The molecule has 0 aliphatic rings. The Morgan fingerprint density at radius 2 is 2.00 bits per heavy atom. The fourth-order valence-electron chi connectivity index (χ4n) is 2.28. The molecule has 108 valence electrons. The van der Waals surface area contributed by atoms with Crippen molar-refractivity contribution in [2.75, 3.05) is 0 Å². The van der Waals surface area contributed by atoms with Gasteiger partial charge in [0.05, 0.1) is 10.7 Å². The molecule has 4 heteroatoms. The third kappa shape index (κ3) is 4.40. The van der Waals surface area contributed by atoms with Crippen LogP contribution in [0.25, 0.3) is 0 Å². The number of nitrogens with two attached hydrogens (primary N) is 1. The van der Waals surface area contributed by atoms with Crippen molar-refractivity contribution in [3.05, 3.63) is 51.5 Å². The normalized spacial score (nSPS) is 12.6. The van der Waals surface area contributed by atoms with Gasteiger partial charge in [0.2, 0.25) is 0 Å². The quantitative estimate of drug-likeness (QED) is 0.608. The first kappa shape index (κ1) is 15.2. The highest BCUT2D eigenvalue weighted by Crippen LogP contribution is 2.19. The summed E-state index contributed by atoms with van der Waals surface area (Å²) in [6.07, 6.45) is 4.24. The van der Waals surface area contributed by atoms with Crippen molar-refractivity contribution in [1.82, 2.24) is 10.4 Å². The van der Waals surface area contributed by atoms with Crippen LogP contribution in [0.15, 0.2) is 30.3 Å². The number of benzene rings is 1. The molecule has 1 heterocycles. The zero-order valence-corrected chi connectivity index (χ0v) is 13.0. The minimum Gasteiger partial charge on any atom is -0.271 e. The van der Waals surface area contributed by atoms with Gasteiger partial charge in [0.1, 0.15) is 0 Å². The van der Waals surface area contributed by atoms with E-state index in [1.165, 1.54) is 15.4 Å². The van der Waals surface area contributed by atoms with Gasteiger partial charge in [-0.2, -0.15) is 0 Å². The van der Waals surface area contributed by atoms with E-state index in [2.05, 4.69) is 54.6 Å². The molecule has 3 N–H and O–H groups in total. The third-order valence-corrected chi connectivity index (χ3v) is 4.69. The van der Waals surface area contributed by atoms with Gasteiger partial charge in [-0.05, 0) is 38.7 Å². The molecule has 0 saturated heterocycles. The zero-order chi connectivity index (χ0) is 14.4. The number of hydrogen-bond acceptors (Lipinski definition) is 4. The molecule has 3 nitrogen and oxygen atoms in total. The van der Waals surface area contributed by atoms with Crippen molar-refractivity contribution in [1.29, 1.82) is 0 Å². The van der Waals surface area contributed by atoms with E-state index in [1.807, 2.05) is 0 Å². The van der Waals surface area contributed by atoms with Gasteiger partial charge < -0.3 is 0 Å². The van der Waals surface area contributed by atoms with Crippen molar-refractivity contribution in [3.63, 3.8) is 0 Å². The molecule has 0 spiro atoms. The molecule has 0 amide bonds. The summed E-state index contributed by atoms with van der Waals surface area (Å²) >= 11 is 1.78. The van der Waals surface area contributed by atoms with E-state index in [1.54, 1.807) is 11.3 Å². The molecule has 1 unspecified atom stereocenters. The van der Waals surface area contributed by atoms with Gasteiger partial charge in [-0.1, -0.05) is 30.3 Å². The second-order valence-corrected chi connectivity index (χ2v) is 6.48. The van der Waals surface area contributed by atoms with E-state index >= 15 is 0 Å². The number of hydrogen-bond donors (Lipinski definition) is 2. The summed E-state index contributed by atoms with van der Waals surface area (Å²) in [4.78, 5) is 5.89. The molecule has 0 radical (unpaired) electrons. The first-order chi connectivity index (χ1) is 9.69. The molecule has 1 aromatic heterocycles. The Morgan fingerprint density at radius 1 is 1.25 bits per heavy atom. The van der Waals surface area contributed by atoms with Crippen LogP contribution >= 0.6 is 11.3 Å². The molecule has 2 aromatic rings. The standard InChI is InChI=1S/C16H23N3S/c1-12-13(2)20-16(18-12)11-15(19-17)10-6-9-14-7-4-3-5-8-14/h3-5,7-8,15,19H,6,9-11,17H2,1-2H3. The molecule has 0 bridgehead atoms. The Morgan fingerprint density at radius 3 is 2.60 bits per heavy atom. The van der Waals surface area contributed by atoms with E-state index in [0.29, 0.717) is 6.04 Å². The average molecular weight is 289 g/mol. The van der Waals surface area contributed by atoms with E-state index in [0.717, 1.165) is 31.4 Å². The maximum Gasteiger partial charge on any atom is 0.0946 e. The number of thiazole rings is 1. The van der Waals surface area contributed by atoms with Crippen LogP contribution in [0.5, 0.6) is 0 Å². The fraction of sp³-hybridized carbons (Fsp3) is 0.438. The monoisotopic (exact) mass is 289 g/mol. The molecule has 1 aromatic carbocycles. The maximum atomic E-state index is 5.67. The molecule has 0 saturated carbocycles. The van der Waals surface area contributed by atoms with Gasteiger partial charge in [0.25, 0.3) is 0 Å². The fourth-order valence-corrected chi connectivity index (χ4v) is 3.29. The number of nitrogens with one attached hydrogen (secondary N) is 1. The second-order valence-electron chi connectivity index (χ2n) is 5.19. The van der Waals surface area contributed by atoms with E-state index in [9.17, 15) is 0 Å². The van der Waals surface area contributed by atoms with Crippen molar-refractivity contribution in [2.45, 2.75) is 45.6 Å². The summed E-state index contributed by atoms with van der Waals surface area (Å²) < 4.78 is 0. The van der Waals surface area contributed by atoms with Crippen LogP contribution in [0.3, 0.4) is 0 Å². The third-order valence-electron chi connectivity index (χ3n) is 3.59. The summed E-state index contributed by atoms with van der Waals surface area (Å²) in [7, 11) is 0. The Bertz CT molecular complexity index is 502. The average Bonchev–Trinajstić information content (AvgIpc) is 2.77. The first-order valence-corrected chi connectivity index (χ1v) is 7.93. The van der Waals surface area contributed by atoms with Crippen LogP contribution in [0.2, 0.25) is 0 Å². The maximum absolute atomic E-state index is 5.67. The Hall–Kier alpha value is -1.23. The molecular formula is C16H23N3S. The minimum atomic E-state index is 0.309. The smallest absolute Gasteiger partial charge is 0.0946 e. The summed E-state index contributed by atoms with van der Waals surface area (Å²) in [5.74, 6) is 5.67. The number of hydrazine groups is 1. The lowest BCUT2D eigenvalue weighted by Gasteiger charge is -2.14. The van der Waals surface area contributed by atoms with E-state index < -0.39 is 0 Å². The SMILES string of the molecule is Cc1nc(CC(CCCc2ccccc2)NN)sc1C. The predicted octanol–water partition coefficient (Wildman–Crippen LogP) is 3.16. The van der Waals surface area contributed by atoms with Gasteiger partial charge in [-0.3, -0.25) is 11.3 Å². The van der Waals surface area contributed by atoms with Crippen LogP contribution in [-0.4, -0.2) is 11.0 Å². The van der Waals surface area contributed by atoms with Gasteiger partial charge in [-0.15, -0.1) is 11.3 Å². The first-order valence-electron chi connectivity index (χ1n) is 7.12. The number of rotatable bonds is 7. The van der Waals surface area contributed by atoms with Gasteiger partial charge in [-0.25, -0.2) is 4.98 Å². The van der Waals surface area contributed by atoms with Crippen LogP contribution < -0.4 is 11.3 Å². The van der Waals surface area contributed by atoms with Crippen molar-refractivity contribution < 1.29 is 0 Å². The molecule has 0 aliphatic heterocycles. The number of aryl methyl sites for hydroxylation is 3. The van der Waals surface area contributed by atoms with Gasteiger partial charge in [0, 0.05) is 17.3 Å². The number of aromatic nitrogens is 1. The minimum absolute atomic E-state index is 0.309. The molecule has 0 aliphatic carbocycles. The van der Waals surface area contributed by atoms with Crippen LogP contribution in [-0.2, 0) is 12.8 Å². The summed E-state index contributed by atoms with van der Waals surface area (Å²) in [6.45, 7) is 4.19. The topological polar surface area (TPSA) is 50.9 Å². The molecular weight excluding hydrogens is 266 g/mol. The zero-order valence-electron chi connectivity index (χ0n) is 12.2. The van der Waals surface area contributed by atoms with E-state index in [4.69, 9.17) is 5.84 Å². The van der Waals surface area contributed by atoms with Crippen LogP contribution in [0.1, 0.15) is 34.0 Å². The predicted molar refractivity (Wildman–Crippen MR) is 85.8 cm³/mol. The molecule has 0 fully saturated rings. The lowest BCUT2D eigenvalue weighted by Crippen LogP contribution is -2.36. The summed E-state index contributed by atoms with van der Waals surface area (Å²) in [5.41, 5.74) is 5.47. The number of nitrogens with zero attached hydrogens (tertiary/aromatic N) is 1. The molecule has 1 atom stereocenters. The lowest BCUT2D eigenvalue weighted by atomic mass is 10.0. The van der Waals surface area contributed by atoms with E-state index in [-0.39, 0.29) is 0 Å². The summed E-state index contributed by atoms with van der Waals surface area (Å²) in [5, 5.41) is 1.18. The second kappa shape index (κ2) is 7.53. The Balaban J connectivity index is 1.80. The summed E-state index contributed by atoms with van der Waals surface area (Å²) in [6, 6.07) is 10.9. The van der Waals surface area contributed by atoms with Crippen molar-refractivity contribution in [2.24, 2.45) is 5.84 Å². The van der Waals surface area contributed by atoms with Crippen molar-refractivity contribution in [3.8, 4) is 0 Å². The molecule has 20 heavy (non-hydrogen) atoms. The highest BCUT2D eigenvalue weighted by molar-refractivity contribution is 7.11. The van der Waals surface area contributed by atoms with Crippen molar-refractivity contribution >= 4 is 11.3 Å². The van der Waals surface area contributed by atoms with Gasteiger partial charge >= 0.3 is 0 Å². The largest absolute Gasteiger partial charge is 0.271 e. The highest BCUT2D eigenvalue weighted by Gasteiger charge is 2.11. The highest BCUT2D eigenvalue weighted by atomic mass is 32.1. The molecule has 2 rings (SSSR count). The van der Waals surface area contributed by atoms with Crippen LogP contribution in [0, 0.1) is 13.8 Å². The van der Waals surface area contributed by atoms with Gasteiger partial charge in [0.15, 0.2) is 0 Å². The Labute approximate surface area is 125 Å². The lowest BCUT2D eigenvalue weighted by molar-refractivity contribution is 0.475.